The van der Waals surface area contributed by atoms with Gasteiger partial charge in [-0.15, -0.1) is 11.3 Å². The van der Waals surface area contributed by atoms with Crippen LogP contribution in [-0.4, -0.2) is 56.5 Å². The van der Waals surface area contributed by atoms with E-state index in [1.807, 2.05) is 37.5 Å². The van der Waals surface area contributed by atoms with Crippen molar-refractivity contribution in [2.45, 2.75) is 91.6 Å². The van der Waals surface area contributed by atoms with Gasteiger partial charge in [-0.3, -0.25) is 9.59 Å². The molecule has 8 heteroatoms. The van der Waals surface area contributed by atoms with Crippen LogP contribution in [0.2, 0.25) is 0 Å². The number of aryl methyl sites for hydroxylation is 1. The lowest BCUT2D eigenvalue weighted by Crippen LogP contribution is -2.47. The summed E-state index contributed by atoms with van der Waals surface area (Å²) in [6.07, 6.45) is 3.14. The number of thiazole rings is 1. The molecule has 1 aliphatic rings. The summed E-state index contributed by atoms with van der Waals surface area (Å²) < 4.78 is 5.72. The van der Waals surface area contributed by atoms with Crippen molar-refractivity contribution in [3.8, 4) is 0 Å². The highest BCUT2D eigenvalue weighted by Crippen LogP contribution is 2.32. The summed E-state index contributed by atoms with van der Waals surface area (Å²) in [5.74, 6) is -2.29. The van der Waals surface area contributed by atoms with Crippen molar-refractivity contribution in [3.63, 3.8) is 0 Å². The maximum Gasteiger partial charge on any atom is 0.309 e. The molecule has 1 unspecified atom stereocenters. The Balaban J connectivity index is 2.32. The quantitative estimate of drug-likeness (QED) is 0.423. The van der Waals surface area contributed by atoms with E-state index in [1.54, 1.807) is 27.7 Å². The molecule has 1 aliphatic heterocycles. The molecule has 0 spiro atoms. The number of aliphatic hydroxyl groups excluding tert-OH is 3. The lowest BCUT2D eigenvalue weighted by Gasteiger charge is -2.35. The average Bonchev–Trinajstić information content (AvgIpc) is 3.19. The summed E-state index contributed by atoms with van der Waals surface area (Å²) >= 11 is 1.54. The molecule has 6 atom stereocenters. The van der Waals surface area contributed by atoms with E-state index in [9.17, 15) is 24.9 Å². The maximum absolute atomic E-state index is 13.1. The second-order valence-electron chi connectivity index (χ2n) is 9.95. The molecular formula is C26H39NO6S. The second-order valence-corrected chi connectivity index (χ2v) is 11.0. The van der Waals surface area contributed by atoms with Crippen molar-refractivity contribution < 1.29 is 29.6 Å². The number of aromatic nitrogens is 1. The summed E-state index contributed by atoms with van der Waals surface area (Å²) in [6, 6.07) is 0. The number of ether oxygens (including phenoxy) is 1. The number of hydrogen-bond donors (Lipinski definition) is 3. The summed E-state index contributed by atoms with van der Waals surface area (Å²) in [7, 11) is 0. The number of Topliss-reactive ketones (excluding diaryl/α,β-unsaturated/α-hetero) is 1. The van der Waals surface area contributed by atoms with Crippen molar-refractivity contribution >= 4 is 29.2 Å². The predicted octanol–water partition coefficient (Wildman–Crippen LogP) is 3.85. The van der Waals surface area contributed by atoms with Gasteiger partial charge in [-0.2, -0.15) is 0 Å². The van der Waals surface area contributed by atoms with Crippen LogP contribution in [0.5, 0.6) is 0 Å². The Bertz CT molecular complexity index is 905. The number of hydrogen-bond acceptors (Lipinski definition) is 8. The van der Waals surface area contributed by atoms with Crippen LogP contribution in [0.3, 0.4) is 0 Å². The number of carbonyl (C=O) groups is 2. The monoisotopic (exact) mass is 493 g/mol. The van der Waals surface area contributed by atoms with Crippen LogP contribution in [0.25, 0.3) is 6.08 Å². The molecule has 0 saturated carbocycles. The van der Waals surface area contributed by atoms with Crippen molar-refractivity contribution in [2.75, 3.05) is 0 Å². The minimum atomic E-state index is -1.28. The Hall–Kier alpha value is -1.87. The number of nitrogens with zero attached hydrogens (tertiary/aromatic N) is 1. The molecule has 190 valence electrons. The molecule has 0 radical (unpaired) electrons. The van der Waals surface area contributed by atoms with Crippen LogP contribution >= 0.6 is 11.3 Å². The Kier molecular flexibility index (Phi) is 10.2. The first-order chi connectivity index (χ1) is 15.8. The molecule has 2 rings (SSSR count). The number of esters is 1. The van der Waals surface area contributed by atoms with E-state index in [0.29, 0.717) is 19.3 Å². The molecule has 7 nitrogen and oxygen atoms in total. The summed E-state index contributed by atoms with van der Waals surface area (Å²) in [5, 5.41) is 34.9. The zero-order chi connectivity index (χ0) is 25.6. The molecule has 0 amide bonds. The van der Waals surface area contributed by atoms with Gasteiger partial charge in [-0.25, -0.2) is 4.98 Å². The van der Waals surface area contributed by atoms with Crippen LogP contribution in [0.4, 0.5) is 0 Å². The van der Waals surface area contributed by atoms with Gasteiger partial charge in [0.1, 0.15) is 11.9 Å². The first-order valence-corrected chi connectivity index (χ1v) is 12.8. The first-order valence-electron chi connectivity index (χ1n) is 11.9. The van der Waals surface area contributed by atoms with E-state index in [-0.39, 0.29) is 12.2 Å². The van der Waals surface area contributed by atoms with E-state index in [4.69, 9.17) is 4.74 Å². The molecule has 1 aromatic rings. The van der Waals surface area contributed by atoms with Gasteiger partial charge >= 0.3 is 5.97 Å². The SMILES string of the molecule is C/C(=C\c1csc(C)n1)[C@@H]1C/C=C\CCC(O)[C@H](C)[C@H](O)[C@@H](C)C(=O)C(C)(C)[C@@H](O)CC(=O)O1. The highest BCUT2D eigenvalue weighted by atomic mass is 32.1. The van der Waals surface area contributed by atoms with Gasteiger partial charge in [0, 0.05) is 23.6 Å². The Morgan fingerprint density at radius 3 is 2.50 bits per heavy atom. The number of aliphatic hydroxyl groups is 3. The number of allylic oxidation sites excluding steroid dienone is 1. The Morgan fingerprint density at radius 1 is 1.21 bits per heavy atom. The van der Waals surface area contributed by atoms with Crippen molar-refractivity contribution in [3.05, 3.63) is 33.8 Å². The minimum absolute atomic E-state index is 0.344. The summed E-state index contributed by atoms with van der Waals surface area (Å²) in [6.45, 7) is 10.2. The van der Waals surface area contributed by atoms with E-state index in [2.05, 4.69) is 4.98 Å². The lowest BCUT2D eigenvalue weighted by atomic mass is 9.72. The van der Waals surface area contributed by atoms with Crippen molar-refractivity contribution in [2.24, 2.45) is 17.3 Å². The highest BCUT2D eigenvalue weighted by Gasteiger charge is 2.43. The van der Waals surface area contributed by atoms with Crippen LogP contribution in [0.15, 0.2) is 23.1 Å². The third-order valence-corrected chi connectivity index (χ3v) is 7.63. The van der Waals surface area contributed by atoms with Crippen LogP contribution in [0.1, 0.15) is 71.0 Å². The van der Waals surface area contributed by atoms with E-state index in [0.717, 1.165) is 16.3 Å². The molecular weight excluding hydrogens is 454 g/mol. The molecule has 0 saturated heterocycles. The Labute approximate surface area is 206 Å². The fraction of sp³-hybridized carbons (Fsp3) is 0.654. The molecule has 0 bridgehead atoms. The average molecular weight is 494 g/mol. The van der Waals surface area contributed by atoms with Gasteiger partial charge in [-0.05, 0) is 38.3 Å². The molecule has 3 N–H and O–H groups in total. The number of rotatable bonds is 2. The summed E-state index contributed by atoms with van der Waals surface area (Å²) in [4.78, 5) is 30.3. The summed E-state index contributed by atoms with van der Waals surface area (Å²) in [5.41, 5.74) is 0.336. The lowest BCUT2D eigenvalue weighted by molar-refractivity contribution is -0.154. The number of cyclic esters (lactones) is 1. The number of carbonyl (C=O) groups excluding carboxylic acids is 2. The third-order valence-electron chi connectivity index (χ3n) is 6.84. The van der Waals surface area contributed by atoms with Crippen molar-refractivity contribution in [1.29, 1.82) is 0 Å². The normalized spacial score (nSPS) is 33.4. The van der Waals surface area contributed by atoms with Crippen LogP contribution in [-0.2, 0) is 14.3 Å². The van der Waals surface area contributed by atoms with Gasteiger partial charge in [0.15, 0.2) is 0 Å². The van der Waals surface area contributed by atoms with Gasteiger partial charge in [0.05, 0.1) is 40.8 Å². The van der Waals surface area contributed by atoms with Gasteiger partial charge < -0.3 is 20.1 Å². The maximum atomic E-state index is 13.1. The standard InChI is InChI=1S/C26H39NO6S/c1-15(12-19-14-34-18(4)27-19)21-11-9-7-8-10-20(28)16(2)24(31)17(3)25(32)26(5,6)22(29)13-23(30)33-21/h7,9,12,14,16-17,20-22,24,28-29,31H,8,10-11,13H2,1-6H3/b9-7-,15-12+/t16-,17+,20?,21-,22-,24-/m0/s1. The van der Waals surface area contributed by atoms with E-state index < -0.39 is 47.6 Å². The fourth-order valence-corrected chi connectivity index (χ4v) is 4.75. The first kappa shape index (κ1) is 28.4. The third kappa shape index (κ3) is 7.31. The second kappa shape index (κ2) is 12.2. The van der Waals surface area contributed by atoms with E-state index in [1.165, 1.54) is 11.3 Å². The zero-order valence-corrected chi connectivity index (χ0v) is 21.8. The van der Waals surface area contributed by atoms with Crippen LogP contribution < -0.4 is 0 Å². The van der Waals surface area contributed by atoms with E-state index >= 15 is 0 Å². The Morgan fingerprint density at radius 2 is 1.88 bits per heavy atom. The molecule has 0 fully saturated rings. The van der Waals surface area contributed by atoms with Crippen LogP contribution in [0, 0.1) is 24.2 Å². The molecule has 2 heterocycles. The fourth-order valence-electron chi connectivity index (χ4n) is 4.18. The highest BCUT2D eigenvalue weighted by molar-refractivity contribution is 7.09. The topological polar surface area (TPSA) is 117 Å². The van der Waals surface area contributed by atoms with Gasteiger partial charge in [0.2, 0.25) is 0 Å². The largest absolute Gasteiger partial charge is 0.457 e. The van der Waals surface area contributed by atoms with Gasteiger partial charge in [0.25, 0.3) is 0 Å². The van der Waals surface area contributed by atoms with Crippen molar-refractivity contribution in [1.82, 2.24) is 4.98 Å². The molecule has 1 aromatic heterocycles. The zero-order valence-electron chi connectivity index (χ0n) is 21.0. The smallest absolute Gasteiger partial charge is 0.309 e. The van der Waals surface area contributed by atoms with Gasteiger partial charge in [-0.1, -0.05) is 39.8 Å². The predicted molar refractivity (Wildman–Crippen MR) is 133 cm³/mol. The minimum Gasteiger partial charge on any atom is -0.457 e. The molecule has 34 heavy (non-hydrogen) atoms. The molecule has 0 aromatic carbocycles. The molecule has 0 aliphatic carbocycles. The number of ketones is 1.